The molecule has 0 unspecified atom stereocenters. The van der Waals surface area contributed by atoms with E-state index in [1.165, 1.54) is 11.1 Å². The first-order valence-corrected chi connectivity index (χ1v) is 6.99. The second-order valence-electron chi connectivity index (χ2n) is 5.41. The number of hydrogen-bond donors (Lipinski definition) is 1. The van der Waals surface area contributed by atoms with E-state index in [0.717, 1.165) is 32.1 Å². The molecular weight excluding hydrogens is 224 g/mol. The molecule has 0 bridgehead atoms. The average Bonchev–Trinajstić information content (AvgIpc) is 2.39. The van der Waals surface area contributed by atoms with E-state index in [-0.39, 0.29) is 0 Å². The Balaban J connectivity index is 1.90. The van der Waals surface area contributed by atoms with Crippen molar-refractivity contribution >= 4 is 5.97 Å². The number of rotatable bonds is 4. The van der Waals surface area contributed by atoms with Crippen LogP contribution >= 0.6 is 0 Å². The summed E-state index contributed by atoms with van der Waals surface area (Å²) in [5.74, 6) is 0.389. The third kappa shape index (κ3) is 3.34. The van der Waals surface area contributed by atoms with Crippen molar-refractivity contribution in [2.75, 3.05) is 0 Å². The van der Waals surface area contributed by atoms with E-state index in [0.29, 0.717) is 18.3 Å². The number of carboxylic acids is 1. The number of benzene rings is 1. The highest BCUT2D eigenvalue weighted by Crippen LogP contribution is 2.37. The number of carboxylic acid groups (broad SMARTS) is 1. The minimum atomic E-state index is -0.647. The molecule has 0 heterocycles. The summed E-state index contributed by atoms with van der Waals surface area (Å²) in [5, 5.41) is 8.81. The minimum Gasteiger partial charge on any atom is -0.481 e. The summed E-state index contributed by atoms with van der Waals surface area (Å²) < 4.78 is 0. The molecule has 1 N–H and O–H groups in total. The Labute approximate surface area is 109 Å². The quantitative estimate of drug-likeness (QED) is 0.872. The molecule has 98 valence electrons. The summed E-state index contributed by atoms with van der Waals surface area (Å²) in [7, 11) is 0. The molecule has 1 aliphatic carbocycles. The average molecular weight is 246 g/mol. The van der Waals surface area contributed by atoms with E-state index in [4.69, 9.17) is 5.11 Å². The second-order valence-corrected chi connectivity index (χ2v) is 5.41. The van der Waals surface area contributed by atoms with Crippen molar-refractivity contribution in [3.63, 3.8) is 0 Å². The van der Waals surface area contributed by atoms with Crippen LogP contribution in [-0.4, -0.2) is 11.1 Å². The van der Waals surface area contributed by atoms with Gasteiger partial charge in [0.05, 0.1) is 0 Å². The third-order valence-electron chi connectivity index (χ3n) is 4.17. The first-order chi connectivity index (χ1) is 8.69. The Morgan fingerprint density at radius 3 is 2.28 bits per heavy atom. The van der Waals surface area contributed by atoms with Gasteiger partial charge < -0.3 is 5.11 Å². The molecule has 0 spiro atoms. The predicted molar refractivity (Wildman–Crippen MR) is 72.8 cm³/mol. The van der Waals surface area contributed by atoms with Gasteiger partial charge in [-0.25, -0.2) is 0 Å². The fourth-order valence-electron chi connectivity index (χ4n) is 2.97. The van der Waals surface area contributed by atoms with Crippen molar-refractivity contribution in [3.05, 3.63) is 35.4 Å². The van der Waals surface area contributed by atoms with Gasteiger partial charge in [0.25, 0.3) is 0 Å². The van der Waals surface area contributed by atoms with Gasteiger partial charge in [-0.2, -0.15) is 0 Å². The molecule has 0 atom stereocenters. The fourth-order valence-corrected chi connectivity index (χ4v) is 2.97. The number of aryl methyl sites for hydroxylation is 1. The molecule has 2 heteroatoms. The summed E-state index contributed by atoms with van der Waals surface area (Å²) in [6.45, 7) is 2.17. The van der Waals surface area contributed by atoms with E-state index in [1.807, 2.05) is 0 Å². The molecule has 0 aromatic heterocycles. The molecule has 0 radical (unpaired) electrons. The maximum atomic E-state index is 10.7. The highest BCUT2D eigenvalue weighted by Gasteiger charge is 2.23. The number of hydrogen-bond acceptors (Lipinski definition) is 1. The molecule has 1 saturated carbocycles. The lowest BCUT2D eigenvalue weighted by Gasteiger charge is -2.28. The summed E-state index contributed by atoms with van der Waals surface area (Å²) in [4.78, 5) is 10.7. The zero-order valence-corrected chi connectivity index (χ0v) is 11.1. The van der Waals surface area contributed by atoms with E-state index < -0.39 is 5.97 Å². The van der Waals surface area contributed by atoms with Gasteiger partial charge in [0.15, 0.2) is 0 Å². The summed E-state index contributed by atoms with van der Waals surface area (Å²) in [5.41, 5.74) is 2.82. The van der Waals surface area contributed by atoms with Crippen LogP contribution in [0.2, 0.25) is 0 Å². The van der Waals surface area contributed by atoms with Gasteiger partial charge in [0, 0.05) is 6.42 Å². The van der Waals surface area contributed by atoms with Gasteiger partial charge in [-0.15, -0.1) is 0 Å². The van der Waals surface area contributed by atoms with Gasteiger partial charge in [-0.1, -0.05) is 31.2 Å². The van der Waals surface area contributed by atoms with Crippen molar-refractivity contribution in [2.45, 2.75) is 51.4 Å². The maximum Gasteiger partial charge on any atom is 0.303 e. The van der Waals surface area contributed by atoms with E-state index >= 15 is 0 Å². The van der Waals surface area contributed by atoms with Gasteiger partial charge >= 0.3 is 5.97 Å². The van der Waals surface area contributed by atoms with Crippen LogP contribution in [0.1, 0.15) is 56.1 Å². The lowest BCUT2D eigenvalue weighted by molar-refractivity contribution is -0.138. The predicted octanol–water partition coefficient (Wildman–Crippen LogP) is 4.00. The number of carbonyl (C=O) groups is 1. The fraction of sp³-hybridized carbons (Fsp3) is 0.562. The minimum absolute atomic E-state index is 0.349. The first-order valence-electron chi connectivity index (χ1n) is 6.99. The number of aliphatic carboxylic acids is 1. The van der Waals surface area contributed by atoms with Crippen molar-refractivity contribution in [1.82, 2.24) is 0 Å². The van der Waals surface area contributed by atoms with Gasteiger partial charge in [-0.05, 0) is 55.1 Å². The van der Waals surface area contributed by atoms with E-state index in [9.17, 15) is 4.79 Å². The Kier molecular flexibility index (Phi) is 4.40. The standard InChI is InChI=1S/C16H22O2/c1-2-12-3-7-14(8-4-12)15-9-5-13(6-10-15)11-16(17)18/h3-4,7-8,13,15H,2,5-6,9-11H2,1H3,(H,17,18). The lowest BCUT2D eigenvalue weighted by atomic mass is 9.77. The van der Waals surface area contributed by atoms with Crippen LogP contribution in [0.15, 0.2) is 24.3 Å². The molecule has 18 heavy (non-hydrogen) atoms. The summed E-state index contributed by atoms with van der Waals surface area (Å²) in [6.07, 6.45) is 5.85. The second kappa shape index (κ2) is 6.03. The maximum absolute atomic E-state index is 10.7. The Bertz CT molecular complexity index is 386. The topological polar surface area (TPSA) is 37.3 Å². The lowest BCUT2D eigenvalue weighted by Crippen LogP contribution is -2.16. The van der Waals surface area contributed by atoms with Crippen LogP contribution in [0.5, 0.6) is 0 Å². The van der Waals surface area contributed by atoms with Gasteiger partial charge in [0.1, 0.15) is 0 Å². The molecule has 2 rings (SSSR count). The van der Waals surface area contributed by atoms with E-state index in [2.05, 4.69) is 31.2 Å². The van der Waals surface area contributed by atoms with Crippen LogP contribution in [0.25, 0.3) is 0 Å². The van der Waals surface area contributed by atoms with Crippen LogP contribution in [-0.2, 0) is 11.2 Å². The zero-order chi connectivity index (χ0) is 13.0. The molecule has 1 aromatic carbocycles. The van der Waals surface area contributed by atoms with Crippen LogP contribution in [0, 0.1) is 5.92 Å². The van der Waals surface area contributed by atoms with Crippen molar-refractivity contribution in [2.24, 2.45) is 5.92 Å². The van der Waals surface area contributed by atoms with Crippen molar-refractivity contribution in [3.8, 4) is 0 Å². The smallest absolute Gasteiger partial charge is 0.303 e. The third-order valence-corrected chi connectivity index (χ3v) is 4.17. The Hall–Kier alpha value is -1.31. The zero-order valence-electron chi connectivity index (χ0n) is 11.1. The van der Waals surface area contributed by atoms with Crippen LogP contribution in [0.4, 0.5) is 0 Å². The monoisotopic (exact) mass is 246 g/mol. The normalized spacial score (nSPS) is 23.8. The molecule has 0 amide bonds. The highest BCUT2D eigenvalue weighted by atomic mass is 16.4. The SMILES string of the molecule is CCc1ccc(C2CCC(CC(=O)O)CC2)cc1. The van der Waals surface area contributed by atoms with Crippen molar-refractivity contribution in [1.29, 1.82) is 0 Å². The molecule has 1 fully saturated rings. The Morgan fingerprint density at radius 1 is 1.17 bits per heavy atom. The van der Waals surface area contributed by atoms with Crippen molar-refractivity contribution < 1.29 is 9.90 Å². The summed E-state index contributed by atoms with van der Waals surface area (Å²) >= 11 is 0. The first kappa shape index (κ1) is 13.1. The highest BCUT2D eigenvalue weighted by molar-refractivity contribution is 5.67. The molecule has 1 aliphatic rings. The molecular formula is C16H22O2. The van der Waals surface area contributed by atoms with Crippen LogP contribution < -0.4 is 0 Å². The summed E-state index contributed by atoms with van der Waals surface area (Å²) in [6, 6.07) is 8.94. The van der Waals surface area contributed by atoms with Gasteiger partial charge in [-0.3, -0.25) is 4.79 Å². The molecule has 0 saturated heterocycles. The largest absolute Gasteiger partial charge is 0.481 e. The van der Waals surface area contributed by atoms with E-state index in [1.54, 1.807) is 0 Å². The van der Waals surface area contributed by atoms with Crippen LogP contribution in [0.3, 0.4) is 0 Å². The molecule has 1 aromatic rings. The molecule has 0 aliphatic heterocycles. The van der Waals surface area contributed by atoms with Gasteiger partial charge in [0.2, 0.25) is 0 Å². The Morgan fingerprint density at radius 2 is 1.78 bits per heavy atom. The molecule has 2 nitrogen and oxygen atoms in total.